The van der Waals surface area contributed by atoms with E-state index in [2.05, 4.69) is 39.0 Å². The van der Waals surface area contributed by atoms with Crippen LogP contribution in [0.4, 0.5) is 0 Å². The second-order valence-electron chi connectivity index (χ2n) is 6.43. The van der Waals surface area contributed by atoms with Crippen LogP contribution in [0.15, 0.2) is 24.3 Å². The van der Waals surface area contributed by atoms with Crippen LogP contribution < -0.4 is 5.73 Å². The fraction of sp³-hybridized carbons (Fsp3) is 0.529. The number of rotatable bonds is 2. The summed E-state index contributed by atoms with van der Waals surface area (Å²) in [5.41, 5.74) is 8.80. The average Bonchev–Trinajstić information content (AvgIpc) is 2.97. The number of aromatic nitrogens is 3. The third-order valence-corrected chi connectivity index (χ3v) is 5.13. The molecule has 21 heavy (non-hydrogen) atoms. The van der Waals surface area contributed by atoms with Crippen LogP contribution in [0.2, 0.25) is 0 Å². The maximum atomic E-state index is 5.81. The lowest BCUT2D eigenvalue weighted by atomic mass is 9.83. The summed E-state index contributed by atoms with van der Waals surface area (Å²) in [4.78, 5) is 0. The summed E-state index contributed by atoms with van der Waals surface area (Å²) < 4.78 is 2.37. The highest BCUT2D eigenvalue weighted by Gasteiger charge is 2.28. The minimum absolute atomic E-state index is 0.524. The highest BCUT2D eigenvalue weighted by atomic mass is 15.3. The van der Waals surface area contributed by atoms with Crippen molar-refractivity contribution in [2.45, 2.75) is 44.6 Å². The van der Waals surface area contributed by atoms with Gasteiger partial charge in [0.15, 0.2) is 0 Å². The summed E-state index contributed by atoms with van der Waals surface area (Å²) in [6.07, 6.45) is 5.61. The molecule has 2 unspecified atom stereocenters. The molecular formula is C17H22N4. The normalized spacial score (nSPS) is 24.4. The van der Waals surface area contributed by atoms with Crippen molar-refractivity contribution in [2.24, 2.45) is 11.7 Å². The predicted octanol–water partition coefficient (Wildman–Crippen LogP) is 2.07. The lowest BCUT2D eigenvalue weighted by Gasteiger charge is -2.27. The van der Waals surface area contributed by atoms with Crippen LogP contribution >= 0.6 is 0 Å². The number of hydrogen-bond donors (Lipinski definition) is 1. The molecule has 4 heteroatoms. The van der Waals surface area contributed by atoms with Gasteiger partial charge in [-0.2, -0.15) is 0 Å². The van der Waals surface area contributed by atoms with E-state index in [0.29, 0.717) is 11.8 Å². The molecule has 0 amide bonds. The Balaban J connectivity index is 1.60. The highest BCUT2D eigenvalue weighted by Crippen LogP contribution is 2.33. The van der Waals surface area contributed by atoms with Crippen LogP contribution in [-0.4, -0.2) is 21.3 Å². The third-order valence-electron chi connectivity index (χ3n) is 5.13. The van der Waals surface area contributed by atoms with Crippen molar-refractivity contribution in [3.05, 3.63) is 47.0 Å². The zero-order valence-corrected chi connectivity index (χ0v) is 12.3. The van der Waals surface area contributed by atoms with Crippen molar-refractivity contribution in [1.82, 2.24) is 14.8 Å². The highest BCUT2D eigenvalue weighted by molar-refractivity contribution is 5.31. The molecule has 0 spiro atoms. The summed E-state index contributed by atoms with van der Waals surface area (Å²) in [7, 11) is 0. The first-order valence-electron chi connectivity index (χ1n) is 8.04. The van der Waals surface area contributed by atoms with E-state index in [-0.39, 0.29) is 0 Å². The van der Waals surface area contributed by atoms with Crippen molar-refractivity contribution in [2.75, 3.05) is 6.54 Å². The van der Waals surface area contributed by atoms with E-state index in [1.807, 2.05) is 0 Å². The molecule has 2 N–H and O–H groups in total. The fourth-order valence-corrected chi connectivity index (χ4v) is 3.84. The number of aryl methyl sites for hydroxylation is 1. The molecule has 1 aliphatic heterocycles. The van der Waals surface area contributed by atoms with Crippen molar-refractivity contribution >= 4 is 0 Å². The molecule has 2 aromatic rings. The van der Waals surface area contributed by atoms with Gasteiger partial charge in [-0.15, -0.1) is 10.2 Å². The van der Waals surface area contributed by atoms with Gasteiger partial charge in [0, 0.05) is 18.9 Å². The quantitative estimate of drug-likeness (QED) is 0.917. The standard InChI is InChI=1S/C17H22N4/c18-11-12-7-8-21-16(9-12)19-20-17(21)15-6-5-13-3-1-2-4-14(13)10-15/h1-4,12,15H,5-11,18H2. The molecule has 110 valence electrons. The van der Waals surface area contributed by atoms with Gasteiger partial charge in [0.2, 0.25) is 0 Å². The molecule has 0 bridgehead atoms. The van der Waals surface area contributed by atoms with Gasteiger partial charge in [0.05, 0.1) is 0 Å². The lowest BCUT2D eigenvalue weighted by molar-refractivity contribution is 0.375. The van der Waals surface area contributed by atoms with Crippen LogP contribution in [0.3, 0.4) is 0 Å². The molecule has 0 saturated carbocycles. The monoisotopic (exact) mass is 282 g/mol. The predicted molar refractivity (Wildman–Crippen MR) is 82.1 cm³/mol. The van der Waals surface area contributed by atoms with Crippen molar-refractivity contribution in [3.8, 4) is 0 Å². The van der Waals surface area contributed by atoms with Gasteiger partial charge < -0.3 is 10.3 Å². The van der Waals surface area contributed by atoms with E-state index in [9.17, 15) is 0 Å². The van der Waals surface area contributed by atoms with E-state index in [0.717, 1.165) is 44.6 Å². The second kappa shape index (κ2) is 5.26. The Morgan fingerprint density at radius 1 is 1.10 bits per heavy atom. The van der Waals surface area contributed by atoms with Crippen molar-refractivity contribution < 1.29 is 0 Å². The second-order valence-corrected chi connectivity index (χ2v) is 6.43. The Kier molecular flexibility index (Phi) is 3.26. The summed E-state index contributed by atoms with van der Waals surface area (Å²) in [6.45, 7) is 1.80. The van der Waals surface area contributed by atoms with E-state index in [4.69, 9.17) is 5.73 Å². The zero-order valence-electron chi connectivity index (χ0n) is 12.3. The topological polar surface area (TPSA) is 56.7 Å². The van der Waals surface area contributed by atoms with Gasteiger partial charge in [-0.05, 0) is 49.3 Å². The molecule has 0 saturated heterocycles. The summed E-state index contributed by atoms with van der Waals surface area (Å²) >= 11 is 0. The number of fused-ring (bicyclic) bond motifs is 2. The van der Waals surface area contributed by atoms with Gasteiger partial charge >= 0.3 is 0 Å². The Labute approximate surface area is 125 Å². The van der Waals surface area contributed by atoms with Gasteiger partial charge in [0.25, 0.3) is 0 Å². The molecule has 4 rings (SSSR count). The maximum absolute atomic E-state index is 5.81. The Hall–Kier alpha value is -1.68. The number of hydrogen-bond acceptors (Lipinski definition) is 3. The van der Waals surface area contributed by atoms with Gasteiger partial charge in [-0.25, -0.2) is 0 Å². The third kappa shape index (κ3) is 2.27. The van der Waals surface area contributed by atoms with Crippen LogP contribution in [0, 0.1) is 5.92 Å². The summed E-state index contributed by atoms with van der Waals surface area (Å²) in [6, 6.07) is 8.81. The molecular weight excluding hydrogens is 260 g/mol. The van der Waals surface area contributed by atoms with E-state index in [1.54, 1.807) is 0 Å². The average molecular weight is 282 g/mol. The fourth-order valence-electron chi connectivity index (χ4n) is 3.84. The van der Waals surface area contributed by atoms with Crippen LogP contribution in [0.1, 0.15) is 41.5 Å². The number of nitrogens with zero attached hydrogens (tertiary/aromatic N) is 3. The van der Waals surface area contributed by atoms with Crippen molar-refractivity contribution in [1.29, 1.82) is 0 Å². The molecule has 1 aromatic carbocycles. The molecule has 1 aliphatic carbocycles. The molecule has 0 fully saturated rings. The smallest absolute Gasteiger partial charge is 0.136 e. The Morgan fingerprint density at radius 3 is 2.81 bits per heavy atom. The maximum Gasteiger partial charge on any atom is 0.136 e. The first-order valence-corrected chi connectivity index (χ1v) is 8.04. The first-order chi connectivity index (χ1) is 10.3. The van der Waals surface area contributed by atoms with Crippen LogP contribution in [0.5, 0.6) is 0 Å². The SMILES string of the molecule is NCC1CCn2c(nnc2C2CCc3ccccc3C2)C1. The van der Waals surface area contributed by atoms with Crippen LogP contribution in [-0.2, 0) is 25.8 Å². The van der Waals surface area contributed by atoms with E-state index in [1.165, 1.54) is 23.4 Å². The van der Waals surface area contributed by atoms with Gasteiger partial charge in [-0.1, -0.05) is 24.3 Å². The first kappa shape index (κ1) is 13.0. The minimum atomic E-state index is 0.524. The number of nitrogens with two attached hydrogens (primary N) is 1. The molecule has 2 aliphatic rings. The van der Waals surface area contributed by atoms with Crippen molar-refractivity contribution in [3.63, 3.8) is 0 Å². The largest absolute Gasteiger partial charge is 0.330 e. The van der Waals surface area contributed by atoms with Crippen LogP contribution in [0.25, 0.3) is 0 Å². The summed E-state index contributed by atoms with van der Waals surface area (Å²) in [5.74, 6) is 3.46. The minimum Gasteiger partial charge on any atom is -0.330 e. The Morgan fingerprint density at radius 2 is 1.95 bits per heavy atom. The van der Waals surface area contributed by atoms with E-state index < -0.39 is 0 Å². The molecule has 4 nitrogen and oxygen atoms in total. The molecule has 2 heterocycles. The van der Waals surface area contributed by atoms with Gasteiger partial charge in [-0.3, -0.25) is 0 Å². The number of benzene rings is 1. The van der Waals surface area contributed by atoms with Gasteiger partial charge in [0.1, 0.15) is 11.6 Å². The summed E-state index contributed by atoms with van der Waals surface area (Å²) in [5, 5.41) is 8.98. The lowest BCUT2D eigenvalue weighted by Crippen LogP contribution is -2.27. The molecule has 1 aromatic heterocycles. The molecule has 0 radical (unpaired) electrons. The molecule has 2 atom stereocenters. The van der Waals surface area contributed by atoms with E-state index >= 15 is 0 Å². The Bertz CT molecular complexity index is 646. The zero-order chi connectivity index (χ0) is 14.2.